The Balaban J connectivity index is 0.000000642. The quantitative estimate of drug-likeness (QED) is 0.482. The van der Waals surface area contributed by atoms with Crippen LogP contribution in [0.5, 0.6) is 0 Å². The number of hydrogen-bond acceptors (Lipinski definition) is 1. The summed E-state index contributed by atoms with van der Waals surface area (Å²) in [5, 5.41) is 7.49. The van der Waals surface area contributed by atoms with E-state index in [1.807, 2.05) is 38.1 Å². The lowest BCUT2D eigenvalue weighted by molar-refractivity contribution is 0.795. The molecule has 0 N–H and O–H groups in total. The van der Waals surface area contributed by atoms with E-state index in [2.05, 4.69) is 37.3 Å². The zero-order valence-corrected chi connectivity index (χ0v) is 21.8. The van der Waals surface area contributed by atoms with Gasteiger partial charge in [0.05, 0.1) is 11.6 Å². The molecule has 0 unspecified atom stereocenters. The number of aryl methyl sites for hydroxylation is 1. The SMILES string of the molecule is CC.CCCCc1ccc(-c2ccc(C#N)cc2)cc1.[B][B]B(B([B])[B])C(B([B])[B])(B([B])[B])B([B])[B]. The Morgan fingerprint density at radius 1 is 0.778 bits per heavy atom. The number of hydrogen-bond donors (Lipinski definition) is 0. The van der Waals surface area contributed by atoms with E-state index in [-0.39, 0.29) is 0 Å². The highest BCUT2D eigenvalue weighted by Crippen LogP contribution is 2.33. The molecule has 0 atom stereocenters. The Hall–Kier alpha value is -1.10. The fourth-order valence-corrected chi connectivity index (χ4v) is 3.94. The molecule has 153 valence electrons. The molecular weight excluding hydrogens is 416 g/mol. The summed E-state index contributed by atoms with van der Waals surface area (Å²) in [5.41, 5.74) is 4.48. The summed E-state index contributed by atoms with van der Waals surface area (Å²) in [4.78, 5) is 0. The van der Waals surface area contributed by atoms with Crippen molar-refractivity contribution >= 4 is 109 Å². The molecule has 0 spiro atoms. The fourth-order valence-electron chi connectivity index (χ4n) is 3.94. The van der Waals surface area contributed by atoms with Crippen LogP contribution in [0.25, 0.3) is 11.1 Å². The highest BCUT2D eigenvalue weighted by molar-refractivity contribution is 7.80. The molecule has 16 heteroatoms. The van der Waals surface area contributed by atoms with Crippen molar-refractivity contribution in [2.75, 3.05) is 0 Å². The average Bonchev–Trinajstić information content (AvgIpc) is 2.87. The summed E-state index contributed by atoms with van der Waals surface area (Å²) >= 11 is 0. The van der Waals surface area contributed by atoms with Crippen LogP contribution < -0.4 is 0 Å². The van der Waals surface area contributed by atoms with Crippen molar-refractivity contribution in [1.29, 1.82) is 5.26 Å². The van der Waals surface area contributed by atoms with Gasteiger partial charge in [-0.15, -0.1) is 0 Å². The summed E-state index contributed by atoms with van der Waals surface area (Å²) in [6, 6.07) is 18.6. The van der Waals surface area contributed by atoms with Crippen LogP contribution in [0.4, 0.5) is 0 Å². The highest BCUT2D eigenvalue weighted by atomic mass is 14.2. The molecule has 0 aromatic heterocycles. The monoisotopic (exact) mass is 442 g/mol. The molecule has 0 aliphatic rings. The molecule has 0 aliphatic heterocycles. The van der Waals surface area contributed by atoms with E-state index < -0.39 is 37.4 Å². The molecule has 1 nitrogen and oxygen atoms in total. The van der Waals surface area contributed by atoms with Crippen LogP contribution in [0.15, 0.2) is 48.5 Å². The van der Waals surface area contributed by atoms with Gasteiger partial charge in [-0.25, -0.2) is 0 Å². The first-order valence-corrected chi connectivity index (χ1v) is 12.2. The normalized spacial score (nSPS) is 9.72. The van der Waals surface area contributed by atoms with Gasteiger partial charge in [-0.1, -0.05) is 63.6 Å². The van der Waals surface area contributed by atoms with Gasteiger partial charge in [-0.3, -0.25) is 0 Å². The van der Waals surface area contributed by atoms with Gasteiger partial charge in [0, 0.05) is 109 Å². The van der Waals surface area contributed by atoms with Crippen molar-refractivity contribution in [3.05, 3.63) is 59.7 Å². The largest absolute Gasteiger partial charge is 0.192 e. The van der Waals surface area contributed by atoms with Crippen LogP contribution in [0.3, 0.4) is 0 Å². The first-order valence-electron chi connectivity index (χ1n) is 12.2. The van der Waals surface area contributed by atoms with Crippen molar-refractivity contribution in [3.63, 3.8) is 0 Å². The van der Waals surface area contributed by atoms with Gasteiger partial charge >= 0.3 is 0 Å². The lowest BCUT2D eigenvalue weighted by Gasteiger charge is -2.53. The van der Waals surface area contributed by atoms with Gasteiger partial charge in [0.25, 0.3) is 0 Å². The Kier molecular flexibility index (Phi) is 17.7. The fraction of sp³-hybridized carbons (Fsp3) is 0.350. The first-order chi connectivity index (χ1) is 17.1. The number of nitrogens with zero attached hydrogens (tertiary/aromatic N) is 1. The minimum Gasteiger partial charge on any atom is -0.192 e. The second-order valence-corrected chi connectivity index (χ2v) is 8.36. The third-order valence-corrected chi connectivity index (χ3v) is 6.05. The lowest BCUT2D eigenvalue weighted by Crippen LogP contribution is -2.71. The standard InChI is InChI=1S/C17H17N.C2H6.CB15/c1-2-3-4-14-5-9-16(10-6-14)17-11-7-15(13-18)8-12-17;1-2;2-11-15(16(9)10)1(12(3)4,13(5)6)14(7)8/h5-12H,2-4H2,1H3;1-2H3;. The predicted molar refractivity (Wildman–Crippen MR) is 176 cm³/mol. The molecule has 0 amide bonds. The van der Waals surface area contributed by atoms with Crippen LogP contribution in [-0.4, -0.2) is 109 Å². The van der Waals surface area contributed by atoms with E-state index in [0.717, 1.165) is 12.0 Å². The number of nitriles is 1. The molecule has 0 saturated heterocycles. The molecule has 2 aromatic rings. The Morgan fingerprint density at radius 3 is 1.47 bits per heavy atom. The van der Waals surface area contributed by atoms with Gasteiger partial charge in [0.1, 0.15) is 0 Å². The average molecular weight is 440 g/mol. The van der Waals surface area contributed by atoms with Gasteiger partial charge in [-0.05, 0) is 41.7 Å². The molecular formula is C20H23B15N. The van der Waals surface area contributed by atoms with E-state index in [4.69, 9.17) is 74.9 Å². The first kappa shape index (κ1) is 34.9. The van der Waals surface area contributed by atoms with Crippen molar-refractivity contribution in [2.45, 2.75) is 45.0 Å². The molecule has 2 aromatic carbocycles. The Labute approximate surface area is 235 Å². The summed E-state index contributed by atoms with van der Waals surface area (Å²) < 4.78 is 0. The topological polar surface area (TPSA) is 23.8 Å². The second-order valence-electron chi connectivity index (χ2n) is 8.36. The molecule has 2 rings (SSSR count). The van der Waals surface area contributed by atoms with Crippen molar-refractivity contribution in [2.24, 2.45) is 0 Å². The van der Waals surface area contributed by atoms with Gasteiger partial charge in [0.2, 0.25) is 0 Å². The Morgan fingerprint density at radius 2 is 1.19 bits per heavy atom. The third kappa shape index (κ3) is 9.65. The Bertz CT molecular complexity index is 860. The second kappa shape index (κ2) is 18.2. The zero-order valence-electron chi connectivity index (χ0n) is 21.8. The van der Waals surface area contributed by atoms with Gasteiger partial charge < -0.3 is 0 Å². The smallest absolute Gasteiger partial charge is 0.0991 e. The molecule has 0 saturated carbocycles. The van der Waals surface area contributed by atoms with Crippen LogP contribution in [0, 0.1) is 11.3 Å². The number of rotatable bonds is 10. The predicted octanol–water partition coefficient (Wildman–Crippen LogP) is 0.0969. The number of unbranched alkanes of at least 4 members (excludes halogenated alkanes) is 1. The third-order valence-electron chi connectivity index (χ3n) is 6.05. The summed E-state index contributed by atoms with van der Waals surface area (Å²) in [6.45, 7) is 2.49. The zero-order chi connectivity index (χ0) is 27.9. The van der Waals surface area contributed by atoms with E-state index in [0.29, 0.717) is 5.56 Å². The molecule has 0 fully saturated rings. The van der Waals surface area contributed by atoms with Crippen LogP contribution in [-0.2, 0) is 6.42 Å². The van der Waals surface area contributed by atoms with Crippen LogP contribution in [0.1, 0.15) is 44.7 Å². The molecule has 0 heterocycles. The van der Waals surface area contributed by atoms with Crippen LogP contribution >= 0.6 is 0 Å². The minimum atomic E-state index is -1.27. The van der Waals surface area contributed by atoms with E-state index in [1.165, 1.54) is 31.0 Å². The summed E-state index contributed by atoms with van der Waals surface area (Å²) in [5.74, 6) is 0. The van der Waals surface area contributed by atoms with E-state index in [9.17, 15) is 0 Å². The van der Waals surface area contributed by atoms with Gasteiger partial charge in [0.15, 0.2) is 0 Å². The summed E-state index contributed by atoms with van der Waals surface area (Å²) in [7, 11) is 51.8. The minimum absolute atomic E-state index is 0.701. The summed E-state index contributed by atoms with van der Waals surface area (Å²) in [6.07, 6.45) is 2.77. The molecule has 0 aliphatic carbocycles. The van der Waals surface area contributed by atoms with E-state index in [1.54, 1.807) is 0 Å². The van der Waals surface area contributed by atoms with Crippen LogP contribution in [0.2, 0.25) is 5.01 Å². The number of benzene rings is 2. The van der Waals surface area contributed by atoms with Crippen molar-refractivity contribution in [1.82, 2.24) is 0 Å². The van der Waals surface area contributed by atoms with Gasteiger partial charge in [-0.2, -0.15) is 10.3 Å². The van der Waals surface area contributed by atoms with E-state index >= 15 is 0 Å². The molecule has 0 bridgehead atoms. The highest BCUT2D eigenvalue weighted by Gasteiger charge is 2.46. The van der Waals surface area contributed by atoms with Crippen molar-refractivity contribution in [3.8, 4) is 17.2 Å². The molecule has 36 heavy (non-hydrogen) atoms. The lowest BCUT2D eigenvalue weighted by atomic mass is 8.60. The maximum absolute atomic E-state index is 8.77. The van der Waals surface area contributed by atoms with Crippen molar-refractivity contribution < 1.29 is 0 Å². The maximum atomic E-state index is 8.77. The molecule has 19 radical (unpaired) electrons. The maximum Gasteiger partial charge on any atom is 0.0991 e.